The normalized spacial score (nSPS) is 18.8. The van der Waals surface area contributed by atoms with Crippen molar-refractivity contribution in [3.05, 3.63) is 21.4 Å². The Morgan fingerprint density at radius 2 is 2.06 bits per heavy atom. The van der Waals surface area contributed by atoms with Crippen molar-refractivity contribution < 1.29 is 0 Å². The van der Waals surface area contributed by atoms with Crippen LogP contribution in [0.3, 0.4) is 0 Å². The Labute approximate surface area is 109 Å². The van der Waals surface area contributed by atoms with Crippen molar-refractivity contribution in [3.8, 4) is 0 Å². The summed E-state index contributed by atoms with van der Waals surface area (Å²) in [5.41, 5.74) is 1.43. The van der Waals surface area contributed by atoms with Gasteiger partial charge in [0.2, 0.25) is 0 Å². The molecule has 0 amide bonds. The van der Waals surface area contributed by atoms with E-state index in [4.69, 9.17) is 0 Å². The van der Waals surface area contributed by atoms with Crippen LogP contribution in [0.5, 0.6) is 0 Å². The quantitative estimate of drug-likeness (QED) is 0.867. The van der Waals surface area contributed by atoms with Crippen molar-refractivity contribution >= 4 is 11.3 Å². The zero-order valence-corrected chi connectivity index (χ0v) is 12.1. The number of nitrogens with zero attached hydrogens (tertiary/aromatic N) is 1. The second-order valence-corrected chi connectivity index (χ2v) is 6.58. The molecular weight excluding hydrogens is 228 g/mol. The van der Waals surface area contributed by atoms with Gasteiger partial charge in [-0.3, -0.25) is 0 Å². The lowest BCUT2D eigenvalue weighted by Gasteiger charge is -2.20. The summed E-state index contributed by atoms with van der Waals surface area (Å²) in [6.45, 7) is 11.5. The third kappa shape index (κ3) is 3.80. The molecule has 1 unspecified atom stereocenters. The minimum atomic E-state index is 0.593. The van der Waals surface area contributed by atoms with E-state index >= 15 is 0 Å². The van der Waals surface area contributed by atoms with E-state index in [9.17, 15) is 0 Å². The highest BCUT2D eigenvalue weighted by molar-refractivity contribution is 7.12. The van der Waals surface area contributed by atoms with Crippen LogP contribution in [0.2, 0.25) is 0 Å². The fourth-order valence-electron chi connectivity index (χ4n) is 2.43. The molecule has 2 rings (SSSR count). The van der Waals surface area contributed by atoms with Gasteiger partial charge in [-0.2, -0.15) is 0 Å². The second kappa shape index (κ2) is 5.98. The second-order valence-electron chi connectivity index (χ2n) is 5.24. The smallest absolute Gasteiger partial charge is 0.0302 e. The molecule has 0 aliphatic carbocycles. The Balaban J connectivity index is 1.73. The average Bonchev–Trinajstić information content (AvgIpc) is 2.87. The van der Waals surface area contributed by atoms with Gasteiger partial charge in [-0.05, 0) is 58.3 Å². The maximum atomic E-state index is 3.64. The molecule has 1 N–H and O–H groups in total. The molecule has 2 heterocycles. The number of hydrogen-bond donors (Lipinski definition) is 1. The first kappa shape index (κ1) is 13.1. The molecule has 0 radical (unpaired) electrons. The summed E-state index contributed by atoms with van der Waals surface area (Å²) in [4.78, 5) is 5.49. The molecule has 1 aromatic rings. The summed E-state index contributed by atoms with van der Waals surface area (Å²) < 4.78 is 0. The zero-order valence-electron chi connectivity index (χ0n) is 11.3. The summed E-state index contributed by atoms with van der Waals surface area (Å²) in [5.74, 6) is 0. The van der Waals surface area contributed by atoms with E-state index < -0.39 is 0 Å². The summed E-state index contributed by atoms with van der Waals surface area (Å²) in [6, 6.07) is 2.91. The molecule has 1 fully saturated rings. The van der Waals surface area contributed by atoms with E-state index in [1.165, 1.54) is 47.8 Å². The van der Waals surface area contributed by atoms with Crippen LogP contribution in [0.1, 0.15) is 35.1 Å². The van der Waals surface area contributed by atoms with Crippen LogP contribution in [0.15, 0.2) is 6.07 Å². The van der Waals surface area contributed by atoms with Gasteiger partial charge in [0.25, 0.3) is 0 Å². The van der Waals surface area contributed by atoms with Gasteiger partial charge < -0.3 is 10.2 Å². The SMILES string of the molecule is Cc1cc(CNC(C)CN2CCCC2)sc1C. The largest absolute Gasteiger partial charge is 0.308 e. The van der Waals surface area contributed by atoms with Gasteiger partial charge in [0, 0.05) is 28.9 Å². The molecule has 0 aromatic carbocycles. The average molecular weight is 252 g/mol. The molecular formula is C14H24N2S. The summed E-state index contributed by atoms with van der Waals surface area (Å²) in [5, 5.41) is 3.64. The van der Waals surface area contributed by atoms with Gasteiger partial charge in [0.05, 0.1) is 0 Å². The van der Waals surface area contributed by atoms with Crippen LogP contribution >= 0.6 is 11.3 Å². The van der Waals surface area contributed by atoms with Gasteiger partial charge in [0.15, 0.2) is 0 Å². The third-order valence-electron chi connectivity index (χ3n) is 3.57. The lowest BCUT2D eigenvalue weighted by atomic mass is 10.2. The zero-order chi connectivity index (χ0) is 12.3. The lowest BCUT2D eigenvalue weighted by molar-refractivity contribution is 0.298. The third-order valence-corrected chi connectivity index (χ3v) is 4.73. The number of thiophene rings is 1. The lowest BCUT2D eigenvalue weighted by Crippen LogP contribution is -2.37. The molecule has 0 bridgehead atoms. The van der Waals surface area contributed by atoms with Crippen LogP contribution in [0.4, 0.5) is 0 Å². The number of likely N-dealkylation sites (tertiary alicyclic amines) is 1. The van der Waals surface area contributed by atoms with E-state index in [1.54, 1.807) is 0 Å². The van der Waals surface area contributed by atoms with E-state index in [1.807, 2.05) is 11.3 Å². The van der Waals surface area contributed by atoms with Crippen LogP contribution in [0, 0.1) is 13.8 Å². The van der Waals surface area contributed by atoms with Crippen molar-refractivity contribution in [2.75, 3.05) is 19.6 Å². The Morgan fingerprint density at radius 3 is 2.65 bits per heavy atom. The fraction of sp³-hybridized carbons (Fsp3) is 0.714. The van der Waals surface area contributed by atoms with Gasteiger partial charge in [-0.15, -0.1) is 11.3 Å². The number of hydrogen-bond acceptors (Lipinski definition) is 3. The van der Waals surface area contributed by atoms with E-state index in [2.05, 4.69) is 37.1 Å². The van der Waals surface area contributed by atoms with E-state index in [0.29, 0.717) is 6.04 Å². The molecule has 1 atom stereocenters. The highest BCUT2D eigenvalue weighted by Crippen LogP contribution is 2.20. The molecule has 2 nitrogen and oxygen atoms in total. The predicted octanol–water partition coefficient (Wildman–Crippen LogP) is 2.94. The summed E-state index contributed by atoms with van der Waals surface area (Å²) >= 11 is 1.92. The van der Waals surface area contributed by atoms with Crippen molar-refractivity contribution in [1.29, 1.82) is 0 Å². The molecule has 3 heteroatoms. The highest BCUT2D eigenvalue weighted by Gasteiger charge is 2.14. The molecule has 96 valence electrons. The topological polar surface area (TPSA) is 15.3 Å². The van der Waals surface area contributed by atoms with Crippen molar-refractivity contribution in [2.24, 2.45) is 0 Å². The Hall–Kier alpha value is -0.380. The first-order chi connectivity index (χ1) is 8.15. The molecule has 0 spiro atoms. The Bertz CT molecular complexity index is 334. The Morgan fingerprint density at radius 1 is 1.35 bits per heavy atom. The van der Waals surface area contributed by atoms with Crippen LogP contribution < -0.4 is 5.32 Å². The standard InChI is InChI=1S/C14H24N2S/c1-11-8-14(17-13(11)3)9-15-12(2)10-16-6-4-5-7-16/h8,12,15H,4-7,9-10H2,1-3H3. The Kier molecular flexibility index (Phi) is 4.60. The first-order valence-corrected chi connectivity index (χ1v) is 7.48. The molecule has 1 aliphatic heterocycles. The maximum Gasteiger partial charge on any atom is 0.0302 e. The first-order valence-electron chi connectivity index (χ1n) is 6.67. The maximum absolute atomic E-state index is 3.64. The minimum Gasteiger partial charge on any atom is -0.308 e. The van der Waals surface area contributed by atoms with Gasteiger partial charge in [-0.1, -0.05) is 0 Å². The molecule has 0 saturated carbocycles. The van der Waals surface area contributed by atoms with Gasteiger partial charge in [-0.25, -0.2) is 0 Å². The molecule has 1 saturated heterocycles. The summed E-state index contributed by atoms with van der Waals surface area (Å²) in [6.07, 6.45) is 2.77. The summed E-state index contributed by atoms with van der Waals surface area (Å²) in [7, 11) is 0. The van der Waals surface area contributed by atoms with Crippen molar-refractivity contribution in [1.82, 2.24) is 10.2 Å². The van der Waals surface area contributed by atoms with Gasteiger partial charge >= 0.3 is 0 Å². The van der Waals surface area contributed by atoms with Crippen LogP contribution in [0.25, 0.3) is 0 Å². The fourth-order valence-corrected chi connectivity index (χ4v) is 3.43. The van der Waals surface area contributed by atoms with Crippen molar-refractivity contribution in [3.63, 3.8) is 0 Å². The van der Waals surface area contributed by atoms with Crippen LogP contribution in [-0.4, -0.2) is 30.6 Å². The van der Waals surface area contributed by atoms with Gasteiger partial charge in [0.1, 0.15) is 0 Å². The predicted molar refractivity (Wildman–Crippen MR) is 75.8 cm³/mol. The molecule has 1 aromatic heterocycles. The van der Waals surface area contributed by atoms with Crippen molar-refractivity contribution in [2.45, 2.75) is 46.2 Å². The van der Waals surface area contributed by atoms with E-state index in [-0.39, 0.29) is 0 Å². The number of nitrogens with one attached hydrogen (secondary N) is 1. The molecule has 17 heavy (non-hydrogen) atoms. The minimum absolute atomic E-state index is 0.593. The van der Waals surface area contributed by atoms with E-state index in [0.717, 1.165) is 6.54 Å². The highest BCUT2D eigenvalue weighted by atomic mass is 32.1. The monoisotopic (exact) mass is 252 g/mol. The van der Waals surface area contributed by atoms with Crippen LogP contribution in [-0.2, 0) is 6.54 Å². The molecule has 1 aliphatic rings. The number of aryl methyl sites for hydroxylation is 2. The number of rotatable bonds is 5.